The number of hydrogen-bond donors (Lipinski definition) is 1. The Balaban J connectivity index is 1.67. The van der Waals surface area contributed by atoms with Crippen LogP contribution in [-0.4, -0.2) is 29.6 Å². The largest absolute Gasteiger partial charge is 0.328 e. The molecule has 2 heteroatoms. The van der Waals surface area contributed by atoms with E-state index in [-0.39, 0.29) is 0 Å². The maximum absolute atomic E-state index is 6.11. The van der Waals surface area contributed by atoms with E-state index in [4.69, 9.17) is 5.73 Å². The van der Waals surface area contributed by atoms with Crippen LogP contribution in [0.1, 0.15) is 84.0 Å². The van der Waals surface area contributed by atoms with E-state index in [9.17, 15) is 0 Å². The van der Waals surface area contributed by atoms with Crippen molar-refractivity contribution in [3.63, 3.8) is 0 Å². The lowest BCUT2D eigenvalue weighted by molar-refractivity contribution is -0.0768. The Morgan fingerprint density at radius 3 is 2.20 bits per heavy atom. The molecule has 1 atom stereocenters. The fraction of sp³-hybridized carbons (Fsp3) is 1.00. The second-order valence-corrected chi connectivity index (χ2v) is 7.78. The van der Waals surface area contributed by atoms with E-state index in [1.54, 1.807) is 0 Å². The third-order valence-corrected chi connectivity index (χ3v) is 6.56. The molecule has 0 heterocycles. The molecule has 1 unspecified atom stereocenters. The summed E-state index contributed by atoms with van der Waals surface area (Å²) in [4.78, 5) is 2.95. The molecule has 0 aromatic heterocycles. The van der Waals surface area contributed by atoms with E-state index in [2.05, 4.69) is 11.8 Å². The van der Waals surface area contributed by atoms with Crippen molar-refractivity contribution in [1.29, 1.82) is 0 Å². The Morgan fingerprint density at radius 1 is 0.950 bits per heavy atom. The van der Waals surface area contributed by atoms with Crippen molar-refractivity contribution in [3.8, 4) is 0 Å². The first-order valence-electron chi connectivity index (χ1n) is 9.26. The molecule has 116 valence electrons. The maximum atomic E-state index is 6.11. The van der Waals surface area contributed by atoms with E-state index in [0.717, 1.165) is 17.5 Å². The Labute approximate surface area is 125 Å². The van der Waals surface area contributed by atoms with Gasteiger partial charge in [-0.15, -0.1) is 0 Å². The maximum Gasteiger partial charge on any atom is 0.0155 e. The Morgan fingerprint density at radius 2 is 1.65 bits per heavy atom. The number of nitrogens with two attached hydrogens (primary N) is 1. The van der Waals surface area contributed by atoms with Gasteiger partial charge in [0, 0.05) is 18.1 Å². The van der Waals surface area contributed by atoms with Crippen LogP contribution in [0.15, 0.2) is 0 Å². The summed E-state index contributed by atoms with van der Waals surface area (Å²) in [5, 5.41) is 0. The van der Waals surface area contributed by atoms with Gasteiger partial charge in [0.15, 0.2) is 0 Å². The van der Waals surface area contributed by atoms with Gasteiger partial charge >= 0.3 is 0 Å². The van der Waals surface area contributed by atoms with Crippen LogP contribution in [-0.2, 0) is 0 Å². The van der Waals surface area contributed by atoms with Crippen LogP contribution in [0.25, 0.3) is 0 Å². The highest BCUT2D eigenvalue weighted by atomic mass is 15.2. The Hall–Kier alpha value is -0.0800. The highest BCUT2D eigenvalue weighted by Crippen LogP contribution is 2.54. The van der Waals surface area contributed by atoms with Crippen LogP contribution in [0.2, 0.25) is 0 Å². The van der Waals surface area contributed by atoms with Crippen molar-refractivity contribution in [2.75, 3.05) is 6.54 Å². The highest BCUT2D eigenvalue weighted by molar-refractivity contribution is 5.04. The Bertz CT molecular complexity index is 301. The average Bonchev–Trinajstić information content (AvgIpc) is 2.47. The summed E-state index contributed by atoms with van der Waals surface area (Å²) in [5.41, 5.74) is 6.84. The van der Waals surface area contributed by atoms with Crippen LogP contribution >= 0.6 is 0 Å². The smallest absolute Gasteiger partial charge is 0.0155 e. The average molecular weight is 278 g/mol. The lowest BCUT2D eigenvalue weighted by Crippen LogP contribution is -2.59. The second kappa shape index (κ2) is 6.36. The van der Waals surface area contributed by atoms with Crippen molar-refractivity contribution in [2.45, 2.75) is 102 Å². The van der Waals surface area contributed by atoms with E-state index in [1.807, 2.05) is 0 Å². The summed E-state index contributed by atoms with van der Waals surface area (Å²) in [6.07, 6.45) is 17.0. The van der Waals surface area contributed by atoms with Gasteiger partial charge in [0.1, 0.15) is 0 Å². The minimum atomic E-state index is 0.486. The molecule has 1 spiro atoms. The molecule has 2 nitrogen and oxygen atoms in total. The van der Waals surface area contributed by atoms with Gasteiger partial charge in [-0.1, -0.05) is 26.2 Å². The highest BCUT2D eigenvalue weighted by Gasteiger charge is 2.50. The van der Waals surface area contributed by atoms with Crippen LogP contribution < -0.4 is 5.73 Å². The molecule has 0 bridgehead atoms. The molecule has 3 aliphatic carbocycles. The molecule has 20 heavy (non-hydrogen) atoms. The quantitative estimate of drug-likeness (QED) is 0.839. The zero-order valence-electron chi connectivity index (χ0n) is 13.4. The van der Waals surface area contributed by atoms with E-state index >= 15 is 0 Å². The summed E-state index contributed by atoms with van der Waals surface area (Å²) < 4.78 is 0. The van der Waals surface area contributed by atoms with Gasteiger partial charge in [-0.3, -0.25) is 4.90 Å². The van der Waals surface area contributed by atoms with Gasteiger partial charge in [-0.2, -0.15) is 0 Å². The Kier molecular flexibility index (Phi) is 4.72. The van der Waals surface area contributed by atoms with Crippen molar-refractivity contribution in [1.82, 2.24) is 4.90 Å². The van der Waals surface area contributed by atoms with Crippen LogP contribution in [0.4, 0.5) is 0 Å². The lowest BCUT2D eigenvalue weighted by atomic mass is 9.56. The molecule has 0 radical (unpaired) electrons. The first kappa shape index (κ1) is 14.8. The summed E-state index contributed by atoms with van der Waals surface area (Å²) in [6, 6.07) is 2.25. The van der Waals surface area contributed by atoms with Crippen molar-refractivity contribution >= 4 is 0 Å². The van der Waals surface area contributed by atoms with Crippen molar-refractivity contribution in [3.05, 3.63) is 0 Å². The minimum absolute atomic E-state index is 0.486. The van der Waals surface area contributed by atoms with Gasteiger partial charge < -0.3 is 5.73 Å². The zero-order valence-corrected chi connectivity index (χ0v) is 13.4. The fourth-order valence-electron chi connectivity index (χ4n) is 5.32. The van der Waals surface area contributed by atoms with Crippen LogP contribution in [0.5, 0.6) is 0 Å². The van der Waals surface area contributed by atoms with Gasteiger partial charge in [-0.25, -0.2) is 0 Å². The van der Waals surface area contributed by atoms with Crippen molar-refractivity contribution in [2.24, 2.45) is 11.1 Å². The normalized spacial score (nSPS) is 37.0. The standard InChI is InChI=1S/C18H34N2/c1-2-14-20(16-8-6-15(19)7-9-16)17-10-13-18(17)11-4-3-5-12-18/h15-17H,2-14,19H2,1H3. The predicted molar refractivity (Wildman–Crippen MR) is 85.8 cm³/mol. The molecule has 0 aromatic rings. The van der Waals surface area contributed by atoms with Crippen molar-refractivity contribution < 1.29 is 0 Å². The van der Waals surface area contributed by atoms with Gasteiger partial charge in [-0.05, 0) is 69.7 Å². The van der Waals surface area contributed by atoms with Gasteiger partial charge in [0.2, 0.25) is 0 Å². The second-order valence-electron chi connectivity index (χ2n) is 7.78. The monoisotopic (exact) mass is 278 g/mol. The summed E-state index contributed by atoms with van der Waals surface area (Å²) in [6.45, 7) is 3.68. The molecular formula is C18H34N2. The topological polar surface area (TPSA) is 29.3 Å². The molecule has 3 rings (SSSR count). The number of rotatable bonds is 4. The van der Waals surface area contributed by atoms with E-state index < -0.39 is 0 Å². The molecule has 0 aromatic carbocycles. The molecule has 0 saturated heterocycles. The van der Waals surface area contributed by atoms with Crippen LogP contribution in [0.3, 0.4) is 0 Å². The molecule has 0 aliphatic heterocycles. The molecule has 3 aliphatic rings. The first-order chi connectivity index (χ1) is 9.75. The van der Waals surface area contributed by atoms with Crippen LogP contribution in [0, 0.1) is 5.41 Å². The summed E-state index contributed by atoms with van der Waals surface area (Å²) in [5.74, 6) is 0. The zero-order chi connectivity index (χ0) is 14.0. The third kappa shape index (κ3) is 2.78. The van der Waals surface area contributed by atoms with Gasteiger partial charge in [0.25, 0.3) is 0 Å². The number of hydrogen-bond acceptors (Lipinski definition) is 2. The van der Waals surface area contributed by atoms with Gasteiger partial charge in [0.05, 0.1) is 0 Å². The molecular weight excluding hydrogens is 244 g/mol. The summed E-state index contributed by atoms with van der Waals surface area (Å²) >= 11 is 0. The molecule has 2 N–H and O–H groups in total. The lowest BCUT2D eigenvalue weighted by Gasteiger charge is -2.58. The molecule has 0 amide bonds. The predicted octanol–water partition coefficient (Wildman–Crippen LogP) is 4.08. The molecule has 3 saturated carbocycles. The summed E-state index contributed by atoms with van der Waals surface area (Å²) in [7, 11) is 0. The SMILES string of the molecule is CCCN(C1CCC(N)CC1)C1CCC12CCCCC2. The first-order valence-corrected chi connectivity index (χ1v) is 9.26. The fourth-order valence-corrected chi connectivity index (χ4v) is 5.32. The minimum Gasteiger partial charge on any atom is -0.328 e. The third-order valence-electron chi connectivity index (χ3n) is 6.56. The van der Waals surface area contributed by atoms with E-state index in [0.29, 0.717) is 6.04 Å². The van der Waals surface area contributed by atoms with E-state index in [1.165, 1.54) is 83.6 Å². The molecule has 3 fully saturated rings. The number of nitrogens with zero attached hydrogens (tertiary/aromatic N) is 1.